The number of anilines is 1. The molecule has 0 saturated heterocycles. The van der Waals surface area contributed by atoms with Crippen LogP contribution >= 0.6 is 11.6 Å². The Kier molecular flexibility index (Phi) is 4.05. The molecule has 6 heteroatoms. The first-order chi connectivity index (χ1) is 11.2. The number of hydrogen-bond donors (Lipinski definition) is 1. The van der Waals surface area contributed by atoms with E-state index < -0.39 is 11.5 Å². The number of carbonyl (C=O) groups excluding carboxylic acids is 2. The highest BCUT2D eigenvalue weighted by Crippen LogP contribution is 2.34. The monoisotopic (exact) mass is 345 g/mol. The predicted octanol–water partition coefficient (Wildman–Crippen LogP) is 3.70. The Morgan fingerprint density at radius 3 is 2.50 bits per heavy atom. The number of nitrogens with one attached hydrogen (secondary N) is 1. The molecular formula is C18H16ClNO4. The van der Waals surface area contributed by atoms with Crippen LogP contribution in [0.15, 0.2) is 39.5 Å². The van der Waals surface area contributed by atoms with Crippen LogP contribution in [-0.4, -0.2) is 11.7 Å². The van der Waals surface area contributed by atoms with Gasteiger partial charge in [-0.25, -0.2) is 4.79 Å². The molecule has 0 atom stereocenters. The highest BCUT2D eigenvalue weighted by Gasteiger charge is 2.33. The fourth-order valence-electron chi connectivity index (χ4n) is 2.78. The topological polar surface area (TPSA) is 76.4 Å². The predicted molar refractivity (Wildman–Crippen MR) is 90.8 cm³/mol. The van der Waals surface area contributed by atoms with Gasteiger partial charge in [-0.2, -0.15) is 0 Å². The minimum atomic E-state index is -0.665. The molecule has 2 aromatic rings. The van der Waals surface area contributed by atoms with Crippen molar-refractivity contribution in [3.63, 3.8) is 0 Å². The Labute approximate surface area is 143 Å². The van der Waals surface area contributed by atoms with Crippen molar-refractivity contribution in [2.45, 2.75) is 26.7 Å². The van der Waals surface area contributed by atoms with Crippen LogP contribution in [-0.2, 0) is 6.42 Å². The van der Waals surface area contributed by atoms with Crippen molar-refractivity contribution in [1.82, 2.24) is 0 Å². The van der Waals surface area contributed by atoms with E-state index in [1.54, 1.807) is 24.3 Å². The average Bonchev–Trinajstić information content (AvgIpc) is 2.48. The maximum absolute atomic E-state index is 12.3. The standard InChI is InChI=1S/C18H16ClNO4/c1-18(2)8-14(21)12-7-13(17(23)24-15(12)9-18)20-16(22)10-3-5-11(19)6-4-10/h3-7H,8-9H2,1-2H3,(H,20,22). The number of carbonyl (C=O) groups is 2. The normalized spacial score (nSPS) is 15.7. The number of amides is 1. The molecule has 0 fully saturated rings. The van der Waals surface area contributed by atoms with Gasteiger partial charge in [0.05, 0.1) is 5.56 Å². The summed E-state index contributed by atoms with van der Waals surface area (Å²) in [7, 11) is 0. The Bertz CT molecular complexity index is 881. The lowest BCUT2D eigenvalue weighted by Gasteiger charge is -2.28. The first kappa shape index (κ1) is 16.5. The van der Waals surface area contributed by atoms with Crippen molar-refractivity contribution in [2.24, 2.45) is 5.41 Å². The smallest absolute Gasteiger partial charge is 0.359 e. The molecule has 0 bridgehead atoms. The molecule has 3 rings (SSSR count). The molecule has 5 nitrogen and oxygen atoms in total. The molecule has 0 spiro atoms. The molecule has 0 unspecified atom stereocenters. The summed E-state index contributed by atoms with van der Waals surface area (Å²) in [6, 6.07) is 7.66. The fourth-order valence-corrected chi connectivity index (χ4v) is 2.91. The number of ketones is 1. The maximum Gasteiger partial charge on any atom is 0.359 e. The van der Waals surface area contributed by atoms with E-state index in [9.17, 15) is 14.4 Å². The number of Topliss-reactive ketones (excluding diaryl/α,β-unsaturated/α-hetero) is 1. The Hall–Kier alpha value is -2.40. The van der Waals surface area contributed by atoms with Crippen LogP contribution in [0, 0.1) is 5.41 Å². The Morgan fingerprint density at radius 2 is 1.83 bits per heavy atom. The number of halogens is 1. The van der Waals surface area contributed by atoms with Crippen LogP contribution in [0.5, 0.6) is 0 Å². The lowest BCUT2D eigenvalue weighted by molar-refractivity contribution is 0.0896. The number of rotatable bonds is 2. The molecule has 1 aromatic heterocycles. The van der Waals surface area contributed by atoms with Crippen molar-refractivity contribution < 1.29 is 14.0 Å². The van der Waals surface area contributed by atoms with Crippen LogP contribution in [0.25, 0.3) is 0 Å². The number of fused-ring (bicyclic) bond motifs is 1. The minimum Gasteiger partial charge on any atom is -0.426 e. The van der Waals surface area contributed by atoms with Crippen molar-refractivity contribution in [2.75, 3.05) is 5.32 Å². The third kappa shape index (κ3) is 3.26. The summed E-state index contributed by atoms with van der Waals surface area (Å²) in [6.45, 7) is 3.90. The first-order valence-electron chi connectivity index (χ1n) is 7.52. The van der Waals surface area contributed by atoms with E-state index in [0.29, 0.717) is 34.8 Å². The van der Waals surface area contributed by atoms with Gasteiger partial charge in [-0.05, 0) is 35.7 Å². The quantitative estimate of drug-likeness (QED) is 0.900. The second kappa shape index (κ2) is 5.91. The summed E-state index contributed by atoms with van der Waals surface area (Å²) in [5.74, 6) is -0.180. The first-order valence-corrected chi connectivity index (χ1v) is 7.90. The minimum absolute atomic E-state index is 0.0400. The number of benzene rings is 1. The van der Waals surface area contributed by atoms with E-state index in [1.807, 2.05) is 13.8 Å². The van der Waals surface area contributed by atoms with Crippen LogP contribution in [0.2, 0.25) is 5.02 Å². The van der Waals surface area contributed by atoms with E-state index in [-0.39, 0.29) is 16.9 Å². The molecule has 1 N–H and O–H groups in total. The molecule has 1 heterocycles. The van der Waals surface area contributed by atoms with Crippen molar-refractivity contribution in [3.8, 4) is 0 Å². The summed E-state index contributed by atoms with van der Waals surface area (Å²) >= 11 is 5.79. The molecule has 0 radical (unpaired) electrons. The zero-order chi connectivity index (χ0) is 17.5. The van der Waals surface area contributed by atoms with Gasteiger partial charge in [-0.15, -0.1) is 0 Å². The lowest BCUT2D eigenvalue weighted by Crippen LogP contribution is -2.29. The summed E-state index contributed by atoms with van der Waals surface area (Å²) in [4.78, 5) is 36.6. The summed E-state index contributed by atoms with van der Waals surface area (Å²) in [5.41, 5.74) is -0.235. The van der Waals surface area contributed by atoms with Gasteiger partial charge in [-0.3, -0.25) is 9.59 Å². The van der Waals surface area contributed by atoms with Crippen LogP contribution in [0.1, 0.15) is 46.7 Å². The summed E-state index contributed by atoms with van der Waals surface area (Å²) < 4.78 is 5.28. The van der Waals surface area contributed by atoms with Crippen molar-refractivity contribution in [1.29, 1.82) is 0 Å². The van der Waals surface area contributed by atoms with Gasteiger partial charge in [0.1, 0.15) is 11.4 Å². The zero-order valence-corrected chi connectivity index (χ0v) is 14.1. The number of hydrogen-bond acceptors (Lipinski definition) is 4. The molecule has 1 aromatic carbocycles. The highest BCUT2D eigenvalue weighted by atomic mass is 35.5. The third-order valence-corrected chi connectivity index (χ3v) is 4.21. The van der Waals surface area contributed by atoms with Crippen molar-refractivity contribution in [3.05, 3.63) is 62.7 Å². The fraction of sp³-hybridized carbons (Fsp3) is 0.278. The molecule has 0 aliphatic heterocycles. The SMILES string of the molecule is CC1(C)CC(=O)c2cc(NC(=O)c3ccc(Cl)cc3)c(=O)oc2C1. The van der Waals surface area contributed by atoms with Gasteiger partial charge < -0.3 is 9.73 Å². The van der Waals surface area contributed by atoms with Gasteiger partial charge in [0, 0.05) is 23.4 Å². The molecule has 24 heavy (non-hydrogen) atoms. The molecule has 1 amide bonds. The molecule has 124 valence electrons. The molecular weight excluding hydrogens is 330 g/mol. The maximum atomic E-state index is 12.3. The van der Waals surface area contributed by atoms with Gasteiger partial charge in [-0.1, -0.05) is 25.4 Å². The molecule has 1 aliphatic rings. The second-order valence-corrected chi connectivity index (χ2v) is 7.12. The van der Waals surface area contributed by atoms with E-state index in [2.05, 4.69) is 5.32 Å². The largest absolute Gasteiger partial charge is 0.426 e. The van der Waals surface area contributed by atoms with Gasteiger partial charge in [0.15, 0.2) is 5.78 Å². The summed E-state index contributed by atoms with van der Waals surface area (Å²) in [5, 5.41) is 3.00. The van der Waals surface area contributed by atoms with E-state index in [1.165, 1.54) is 6.07 Å². The van der Waals surface area contributed by atoms with Crippen LogP contribution in [0.3, 0.4) is 0 Å². The molecule has 1 aliphatic carbocycles. The average molecular weight is 346 g/mol. The van der Waals surface area contributed by atoms with Gasteiger partial charge >= 0.3 is 5.63 Å². The van der Waals surface area contributed by atoms with Gasteiger partial charge in [0.25, 0.3) is 5.91 Å². The van der Waals surface area contributed by atoms with Crippen LogP contribution in [0.4, 0.5) is 5.69 Å². The van der Waals surface area contributed by atoms with E-state index >= 15 is 0 Å². The Morgan fingerprint density at radius 1 is 1.17 bits per heavy atom. The zero-order valence-electron chi connectivity index (χ0n) is 13.3. The van der Waals surface area contributed by atoms with E-state index in [4.69, 9.17) is 16.0 Å². The summed E-state index contributed by atoms with van der Waals surface area (Å²) in [6.07, 6.45) is 0.882. The van der Waals surface area contributed by atoms with Crippen molar-refractivity contribution >= 4 is 29.0 Å². The highest BCUT2D eigenvalue weighted by molar-refractivity contribution is 6.30. The van der Waals surface area contributed by atoms with Gasteiger partial charge in [0.2, 0.25) is 0 Å². The van der Waals surface area contributed by atoms with Crippen LogP contribution < -0.4 is 10.9 Å². The second-order valence-electron chi connectivity index (χ2n) is 6.69. The third-order valence-electron chi connectivity index (χ3n) is 3.96. The van der Waals surface area contributed by atoms with E-state index in [0.717, 1.165) is 0 Å². The Balaban J connectivity index is 1.91. The lowest BCUT2D eigenvalue weighted by atomic mass is 9.76. The molecule has 0 saturated carbocycles.